The van der Waals surface area contributed by atoms with Crippen LogP contribution in [0.15, 0.2) is 42.6 Å². The van der Waals surface area contributed by atoms with Crippen LogP contribution < -0.4 is 19.8 Å². The normalized spacial score (nSPS) is 18.8. The highest BCUT2D eigenvalue weighted by Gasteiger charge is 2.30. The number of anilines is 6. The molecule has 0 amide bonds. The summed E-state index contributed by atoms with van der Waals surface area (Å²) in [4.78, 5) is 15.8. The van der Waals surface area contributed by atoms with Crippen LogP contribution in [0.2, 0.25) is 5.02 Å². The number of piperidine rings is 1. The van der Waals surface area contributed by atoms with Gasteiger partial charge in [0.05, 0.1) is 29.5 Å². The van der Waals surface area contributed by atoms with Crippen molar-refractivity contribution in [3.63, 3.8) is 0 Å². The van der Waals surface area contributed by atoms with Gasteiger partial charge in [-0.15, -0.1) is 0 Å². The molecule has 3 aromatic rings. The third kappa shape index (κ3) is 6.12. The molecule has 0 atom stereocenters. The lowest BCUT2D eigenvalue weighted by Gasteiger charge is -2.42. The lowest BCUT2D eigenvalue weighted by atomic mass is 10.0. The van der Waals surface area contributed by atoms with Crippen LogP contribution >= 0.6 is 11.6 Å². The number of benzene rings is 2. The van der Waals surface area contributed by atoms with E-state index in [9.17, 15) is 8.42 Å². The average Bonchev–Trinajstić information content (AvgIpc) is 3.42. The highest BCUT2D eigenvalue weighted by atomic mass is 35.5. The molecule has 0 unspecified atom stereocenters. The first-order valence-corrected chi connectivity index (χ1v) is 16.5. The Morgan fingerprint density at radius 2 is 1.76 bits per heavy atom. The molecular weight excluding hydrogens is 579 g/mol. The summed E-state index contributed by atoms with van der Waals surface area (Å²) in [6, 6.07) is 11.2. The Morgan fingerprint density at radius 3 is 2.48 bits per heavy atom. The number of nitrogens with zero attached hydrogens (tertiary/aromatic N) is 6. The number of halogens is 2. The van der Waals surface area contributed by atoms with E-state index in [1.54, 1.807) is 12.1 Å². The number of rotatable bonds is 7. The smallest absolute Gasteiger partial charge is 0.232 e. The Hall–Kier alpha value is -3.19. The zero-order valence-electron chi connectivity index (χ0n) is 23.9. The van der Waals surface area contributed by atoms with Gasteiger partial charge in [0.25, 0.3) is 0 Å². The zero-order valence-corrected chi connectivity index (χ0v) is 25.4. The summed E-state index contributed by atoms with van der Waals surface area (Å²) in [5.41, 5.74) is 3.21. The molecule has 2 saturated heterocycles. The molecular formula is C29H36ClFN8O2S. The molecule has 4 heterocycles. The maximum atomic E-state index is 15.3. The maximum Gasteiger partial charge on any atom is 0.232 e. The molecule has 0 spiro atoms. The van der Waals surface area contributed by atoms with Crippen LogP contribution in [0.1, 0.15) is 18.4 Å². The van der Waals surface area contributed by atoms with E-state index in [2.05, 4.69) is 42.3 Å². The van der Waals surface area contributed by atoms with Crippen LogP contribution in [0.25, 0.3) is 0 Å². The van der Waals surface area contributed by atoms with Crippen molar-refractivity contribution in [2.75, 3.05) is 79.0 Å². The Morgan fingerprint density at radius 1 is 1.00 bits per heavy atom. The second-order valence-electron chi connectivity index (χ2n) is 11.3. The van der Waals surface area contributed by atoms with Gasteiger partial charge in [-0.05, 0) is 56.1 Å². The molecule has 0 radical (unpaired) electrons. The molecule has 13 heteroatoms. The van der Waals surface area contributed by atoms with Gasteiger partial charge in [-0.25, -0.2) is 17.8 Å². The topological polar surface area (TPSA) is 96.9 Å². The number of hydrogen-bond acceptors (Lipinski definition) is 9. The number of piperazine rings is 1. The number of sulfonamides is 1. The molecule has 224 valence electrons. The number of nitrogens with one attached hydrogen (secondary N) is 2. The van der Waals surface area contributed by atoms with Crippen molar-refractivity contribution < 1.29 is 12.8 Å². The Bertz CT molecular complexity index is 1560. The highest BCUT2D eigenvalue weighted by Crippen LogP contribution is 2.39. The van der Waals surface area contributed by atoms with E-state index in [-0.39, 0.29) is 16.8 Å². The quantitative estimate of drug-likeness (QED) is 0.404. The first kappa shape index (κ1) is 28.9. The summed E-state index contributed by atoms with van der Waals surface area (Å²) in [6.07, 6.45) is 5.33. The molecule has 2 fully saturated rings. The molecule has 10 nitrogen and oxygen atoms in total. The summed E-state index contributed by atoms with van der Waals surface area (Å²) in [7, 11) is -1.27. The standard InChI is InChI=1S/C29H36ClFN8O2S/c1-36-14-16-37(17-15-36)22-9-11-38(12-10-22)26-7-6-21(18-24(26)31)33-29-32-19-23(30)28(35-29)34-25-5-3-4-20-8-13-39(27(20)25)42(2,40)41/h3-7,18-19,22H,8-17H2,1-2H3,(H2,32,33,34,35). The highest BCUT2D eigenvalue weighted by molar-refractivity contribution is 7.92. The molecule has 2 aromatic carbocycles. The summed E-state index contributed by atoms with van der Waals surface area (Å²) in [5, 5.41) is 6.52. The van der Waals surface area contributed by atoms with Gasteiger partial charge in [0.2, 0.25) is 16.0 Å². The molecule has 2 N–H and O–H groups in total. The van der Waals surface area contributed by atoms with Crippen molar-refractivity contribution >= 4 is 56.1 Å². The van der Waals surface area contributed by atoms with Crippen molar-refractivity contribution in [2.45, 2.75) is 25.3 Å². The summed E-state index contributed by atoms with van der Waals surface area (Å²) < 4.78 is 41.4. The molecule has 6 rings (SSSR count). The molecule has 0 aliphatic carbocycles. The van der Waals surface area contributed by atoms with Crippen molar-refractivity contribution in [3.05, 3.63) is 59.0 Å². The minimum atomic E-state index is -3.44. The first-order chi connectivity index (χ1) is 20.2. The number of likely N-dealkylation sites (N-methyl/N-ethyl adjacent to an activating group) is 1. The van der Waals surface area contributed by atoms with Crippen LogP contribution in [0.4, 0.5) is 38.9 Å². The SMILES string of the molecule is CN1CCN(C2CCN(c3ccc(Nc4ncc(Cl)c(Nc5cccc6c5N(S(C)(=O)=O)CC6)n4)cc3F)CC2)CC1. The van der Waals surface area contributed by atoms with Gasteiger partial charge >= 0.3 is 0 Å². The largest absolute Gasteiger partial charge is 0.369 e. The third-order valence-corrected chi connectivity index (χ3v) is 9.86. The molecule has 0 saturated carbocycles. The summed E-state index contributed by atoms with van der Waals surface area (Å²) in [5.74, 6) is 0.240. The van der Waals surface area contributed by atoms with E-state index in [0.717, 1.165) is 57.7 Å². The van der Waals surface area contributed by atoms with Crippen LogP contribution in [0.5, 0.6) is 0 Å². The Kier molecular flexibility index (Phi) is 8.14. The average molecular weight is 615 g/mol. The van der Waals surface area contributed by atoms with Crippen molar-refractivity contribution in [2.24, 2.45) is 0 Å². The molecule has 3 aliphatic heterocycles. The van der Waals surface area contributed by atoms with E-state index in [1.165, 1.54) is 22.8 Å². The van der Waals surface area contributed by atoms with E-state index in [4.69, 9.17) is 11.6 Å². The van der Waals surface area contributed by atoms with Gasteiger partial charge < -0.3 is 20.4 Å². The van der Waals surface area contributed by atoms with Gasteiger partial charge in [0.15, 0.2) is 5.82 Å². The molecule has 3 aliphatic rings. The number of aromatic nitrogens is 2. The van der Waals surface area contributed by atoms with Crippen LogP contribution in [0, 0.1) is 5.82 Å². The fraction of sp³-hybridized carbons (Fsp3) is 0.448. The lowest BCUT2D eigenvalue weighted by Crippen LogP contribution is -2.52. The zero-order chi connectivity index (χ0) is 29.4. The number of fused-ring (bicyclic) bond motifs is 1. The van der Waals surface area contributed by atoms with E-state index in [1.807, 2.05) is 18.2 Å². The number of para-hydroxylation sites is 1. The fourth-order valence-electron chi connectivity index (χ4n) is 6.13. The third-order valence-electron chi connectivity index (χ3n) is 8.41. The number of hydrogen-bond donors (Lipinski definition) is 2. The van der Waals surface area contributed by atoms with E-state index in [0.29, 0.717) is 47.6 Å². The lowest BCUT2D eigenvalue weighted by molar-refractivity contribution is 0.0981. The second-order valence-corrected chi connectivity index (χ2v) is 13.6. The van der Waals surface area contributed by atoms with Crippen LogP contribution in [0.3, 0.4) is 0 Å². The molecule has 0 bridgehead atoms. The van der Waals surface area contributed by atoms with Crippen LogP contribution in [-0.4, -0.2) is 93.3 Å². The first-order valence-electron chi connectivity index (χ1n) is 14.3. The minimum Gasteiger partial charge on any atom is -0.369 e. The van der Waals surface area contributed by atoms with Crippen molar-refractivity contribution in [1.82, 2.24) is 19.8 Å². The maximum absolute atomic E-state index is 15.3. The predicted octanol–water partition coefficient (Wildman–Crippen LogP) is 4.29. The Balaban J connectivity index is 1.13. The van der Waals surface area contributed by atoms with Gasteiger partial charge in [0, 0.05) is 57.5 Å². The molecule has 1 aromatic heterocycles. The minimum absolute atomic E-state index is 0.231. The van der Waals surface area contributed by atoms with Crippen LogP contribution in [-0.2, 0) is 16.4 Å². The Labute approximate surface area is 251 Å². The fourth-order valence-corrected chi connectivity index (χ4v) is 7.23. The van der Waals surface area contributed by atoms with Gasteiger partial charge in [-0.2, -0.15) is 4.98 Å². The van der Waals surface area contributed by atoms with E-state index < -0.39 is 10.0 Å². The monoisotopic (exact) mass is 614 g/mol. The van der Waals surface area contributed by atoms with Gasteiger partial charge in [-0.3, -0.25) is 9.21 Å². The van der Waals surface area contributed by atoms with Gasteiger partial charge in [-0.1, -0.05) is 23.7 Å². The summed E-state index contributed by atoms with van der Waals surface area (Å²) >= 11 is 6.41. The second kappa shape index (κ2) is 11.8. The molecule has 42 heavy (non-hydrogen) atoms. The predicted molar refractivity (Wildman–Crippen MR) is 167 cm³/mol. The van der Waals surface area contributed by atoms with Crippen molar-refractivity contribution in [3.8, 4) is 0 Å². The summed E-state index contributed by atoms with van der Waals surface area (Å²) in [6.45, 7) is 6.46. The van der Waals surface area contributed by atoms with Gasteiger partial charge in [0.1, 0.15) is 10.8 Å². The van der Waals surface area contributed by atoms with E-state index >= 15 is 4.39 Å². The van der Waals surface area contributed by atoms with Crippen molar-refractivity contribution in [1.29, 1.82) is 0 Å².